The van der Waals surface area contributed by atoms with Crippen LogP contribution in [0.3, 0.4) is 0 Å². The maximum absolute atomic E-state index is 3.83. The van der Waals surface area contributed by atoms with Crippen molar-refractivity contribution in [3.63, 3.8) is 0 Å². The Balaban J connectivity index is 1.86. The summed E-state index contributed by atoms with van der Waals surface area (Å²) in [6.45, 7) is 10.8. The van der Waals surface area contributed by atoms with Gasteiger partial charge < -0.3 is 5.32 Å². The van der Waals surface area contributed by atoms with Crippen molar-refractivity contribution in [2.24, 2.45) is 11.8 Å². The van der Waals surface area contributed by atoms with Gasteiger partial charge in [-0.1, -0.05) is 33.6 Å². The first-order chi connectivity index (χ1) is 9.70. The molecule has 0 heterocycles. The lowest BCUT2D eigenvalue weighted by atomic mass is 10.1. The maximum Gasteiger partial charge on any atom is 0.0223 e. The molecule has 0 aromatic heterocycles. The van der Waals surface area contributed by atoms with Crippen LogP contribution in [0.25, 0.3) is 0 Å². The molecule has 2 saturated carbocycles. The van der Waals surface area contributed by atoms with Crippen LogP contribution < -0.4 is 5.32 Å². The van der Waals surface area contributed by atoms with Gasteiger partial charge in [-0.2, -0.15) is 0 Å². The first-order valence-corrected chi connectivity index (χ1v) is 9.18. The smallest absolute Gasteiger partial charge is 0.0223 e. The summed E-state index contributed by atoms with van der Waals surface area (Å²) in [6, 6.07) is 1.65. The van der Waals surface area contributed by atoms with Gasteiger partial charge in [-0.05, 0) is 63.5 Å². The van der Waals surface area contributed by atoms with E-state index in [0.717, 1.165) is 23.9 Å². The lowest BCUT2D eigenvalue weighted by Gasteiger charge is -2.33. The van der Waals surface area contributed by atoms with Crippen molar-refractivity contribution in [3.05, 3.63) is 0 Å². The third-order valence-corrected chi connectivity index (χ3v) is 5.11. The molecule has 0 aromatic carbocycles. The van der Waals surface area contributed by atoms with Gasteiger partial charge in [-0.25, -0.2) is 0 Å². The highest BCUT2D eigenvalue weighted by atomic mass is 15.2. The zero-order valence-electron chi connectivity index (χ0n) is 14.0. The van der Waals surface area contributed by atoms with E-state index in [9.17, 15) is 0 Å². The molecule has 0 aromatic rings. The largest absolute Gasteiger partial charge is 0.312 e. The van der Waals surface area contributed by atoms with Crippen LogP contribution in [-0.4, -0.2) is 36.6 Å². The van der Waals surface area contributed by atoms with E-state index in [1.54, 1.807) is 0 Å². The minimum absolute atomic E-state index is 0.766. The van der Waals surface area contributed by atoms with Gasteiger partial charge in [0.2, 0.25) is 0 Å². The van der Waals surface area contributed by atoms with Gasteiger partial charge in [0.1, 0.15) is 0 Å². The summed E-state index contributed by atoms with van der Waals surface area (Å²) in [5.74, 6) is 1.81. The highest BCUT2D eigenvalue weighted by Crippen LogP contribution is 2.34. The third-order valence-electron chi connectivity index (χ3n) is 5.11. The van der Waals surface area contributed by atoms with E-state index in [0.29, 0.717) is 0 Å². The number of nitrogens with one attached hydrogen (secondary N) is 1. The van der Waals surface area contributed by atoms with Gasteiger partial charge in [0, 0.05) is 18.6 Å². The third kappa shape index (κ3) is 5.37. The molecule has 2 nitrogen and oxygen atoms in total. The van der Waals surface area contributed by atoms with Crippen LogP contribution in [0.2, 0.25) is 0 Å². The molecule has 0 aliphatic heterocycles. The van der Waals surface area contributed by atoms with Crippen LogP contribution in [0.15, 0.2) is 0 Å². The standard InChI is InChI=1S/C18H36N2/c1-4-12-19-18(16-9-10-16)14-20(13-11-15(2)3)17-7-5-6-8-17/h15-19H,4-14H2,1-3H3. The summed E-state index contributed by atoms with van der Waals surface area (Å²) in [5, 5.41) is 3.83. The quantitative estimate of drug-likeness (QED) is 0.649. The summed E-state index contributed by atoms with van der Waals surface area (Å²) in [6.07, 6.45) is 11.4. The van der Waals surface area contributed by atoms with E-state index in [1.165, 1.54) is 71.0 Å². The fraction of sp³-hybridized carbons (Fsp3) is 1.00. The molecule has 2 aliphatic carbocycles. The molecule has 2 heteroatoms. The summed E-state index contributed by atoms with van der Waals surface area (Å²) < 4.78 is 0. The second kappa shape index (κ2) is 8.38. The van der Waals surface area contributed by atoms with Crippen molar-refractivity contribution in [3.8, 4) is 0 Å². The summed E-state index contributed by atoms with van der Waals surface area (Å²) in [7, 11) is 0. The van der Waals surface area contributed by atoms with E-state index >= 15 is 0 Å². The van der Waals surface area contributed by atoms with Crippen molar-refractivity contribution in [2.75, 3.05) is 19.6 Å². The van der Waals surface area contributed by atoms with Gasteiger partial charge in [-0.3, -0.25) is 4.90 Å². The molecule has 0 radical (unpaired) electrons. The zero-order chi connectivity index (χ0) is 14.4. The molecule has 0 saturated heterocycles. The molecule has 0 bridgehead atoms. The minimum Gasteiger partial charge on any atom is -0.312 e. The highest BCUT2D eigenvalue weighted by molar-refractivity contribution is 4.90. The minimum atomic E-state index is 0.766. The predicted octanol–water partition coefficient (Wildman–Crippen LogP) is 4.06. The lowest BCUT2D eigenvalue weighted by molar-refractivity contribution is 0.162. The van der Waals surface area contributed by atoms with E-state index in [2.05, 4.69) is 31.0 Å². The summed E-state index contributed by atoms with van der Waals surface area (Å²) in [5.41, 5.74) is 0. The molecule has 20 heavy (non-hydrogen) atoms. The molecular weight excluding hydrogens is 244 g/mol. The average molecular weight is 281 g/mol. The first-order valence-electron chi connectivity index (χ1n) is 9.18. The Morgan fingerprint density at radius 2 is 1.80 bits per heavy atom. The molecule has 2 aliphatic rings. The monoisotopic (exact) mass is 280 g/mol. The molecule has 1 N–H and O–H groups in total. The highest BCUT2D eigenvalue weighted by Gasteiger charge is 2.33. The van der Waals surface area contributed by atoms with E-state index in [1.807, 2.05) is 0 Å². The van der Waals surface area contributed by atoms with Gasteiger partial charge in [0.25, 0.3) is 0 Å². The van der Waals surface area contributed by atoms with Gasteiger partial charge in [-0.15, -0.1) is 0 Å². The van der Waals surface area contributed by atoms with Crippen molar-refractivity contribution < 1.29 is 0 Å². The molecule has 0 spiro atoms. The second-order valence-electron chi connectivity index (χ2n) is 7.51. The zero-order valence-corrected chi connectivity index (χ0v) is 14.0. The van der Waals surface area contributed by atoms with Crippen LogP contribution >= 0.6 is 0 Å². The second-order valence-corrected chi connectivity index (χ2v) is 7.51. The molecule has 2 rings (SSSR count). The van der Waals surface area contributed by atoms with E-state index in [-0.39, 0.29) is 0 Å². The van der Waals surface area contributed by atoms with Gasteiger partial charge in [0.05, 0.1) is 0 Å². The van der Waals surface area contributed by atoms with Crippen molar-refractivity contribution in [1.29, 1.82) is 0 Å². The Hall–Kier alpha value is -0.0800. The van der Waals surface area contributed by atoms with Crippen LogP contribution in [0.5, 0.6) is 0 Å². The molecule has 118 valence electrons. The SMILES string of the molecule is CCCNC(CN(CCC(C)C)C1CCCC1)C1CC1. The van der Waals surface area contributed by atoms with Crippen molar-refractivity contribution in [1.82, 2.24) is 10.2 Å². The topological polar surface area (TPSA) is 15.3 Å². The van der Waals surface area contributed by atoms with Gasteiger partial charge in [0.15, 0.2) is 0 Å². The van der Waals surface area contributed by atoms with Crippen LogP contribution in [0.1, 0.15) is 72.1 Å². The molecule has 1 atom stereocenters. The maximum atomic E-state index is 3.83. The molecule has 2 fully saturated rings. The Morgan fingerprint density at radius 1 is 1.10 bits per heavy atom. The van der Waals surface area contributed by atoms with Crippen LogP contribution in [0.4, 0.5) is 0 Å². The predicted molar refractivity (Wildman–Crippen MR) is 88.1 cm³/mol. The summed E-state index contributed by atoms with van der Waals surface area (Å²) in [4.78, 5) is 2.85. The lowest BCUT2D eigenvalue weighted by Crippen LogP contribution is -2.46. The van der Waals surface area contributed by atoms with E-state index in [4.69, 9.17) is 0 Å². The first kappa shape index (κ1) is 16.3. The fourth-order valence-corrected chi connectivity index (χ4v) is 3.58. The Labute approximate surface area is 126 Å². The van der Waals surface area contributed by atoms with Crippen LogP contribution in [0, 0.1) is 11.8 Å². The van der Waals surface area contributed by atoms with Crippen molar-refractivity contribution >= 4 is 0 Å². The molecule has 1 unspecified atom stereocenters. The summed E-state index contributed by atoms with van der Waals surface area (Å²) >= 11 is 0. The van der Waals surface area contributed by atoms with Gasteiger partial charge >= 0.3 is 0 Å². The van der Waals surface area contributed by atoms with Crippen LogP contribution in [-0.2, 0) is 0 Å². The number of hydrogen-bond donors (Lipinski definition) is 1. The number of rotatable bonds is 10. The van der Waals surface area contributed by atoms with Crippen molar-refractivity contribution in [2.45, 2.75) is 84.2 Å². The number of hydrogen-bond acceptors (Lipinski definition) is 2. The normalized spacial score (nSPS) is 22.1. The molecule has 0 amide bonds. The average Bonchev–Trinajstić information content (AvgIpc) is 3.12. The fourth-order valence-electron chi connectivity index (χ4n) is 3.58. The Kier molecular flexibility index (Phi) is 6.83. The Morgan fingerprint density at radius 3 is 2.35 bits per heavy atom. The van der Waals surface area contributed by atoms with E-state index < -0.39 is 0 Å². The molecular formula is C18H36N2. The number of nitrogens with zero attached hydrogens (tertiary/aromatic N) is 1. The Bertz CT molecular complexity index is 254.